The Morgan fingerprint density at radius 1 is 1.04 bits per heavy atom. The Balaban J connectivity index is 2.08. The molecule has 0 spiro atoms. The first-order chi connectivity index (χ1) is 12.6. The third-order valence-electron chi connectivity index (χ3n) is 3.90. The lowest BCUT2D eigenvalue weighted by atomic mass is 9.98. The summed E-state index contributed by atoms with van der Waals surface area (Å²) in [6.45, 7) is 0. The van der Waals surface area contributed by atoms with Gasteiger partial charge in [-0.25, -0.2) is 4.98 Å². The maximum Gasteiger partial charge on any atom is 0.225 e. The number of aromatic nitrogens is 1. The Labute approximate surface area is 150 Å². The number of ketones is 1. The Hall–Kier alpha value is -3.48. The van der Waals surface area contributed by atoms with E-state index in [0.717, 1.165) is 0 Å². The molecule has 26 heavy (non-hydrogen) atoms. The van der Waals surface area contributed by atoms with Crippen LogP contribution in [-0.4, -0.2) is 32.1 Å². The van der Waals surface area contributed by atoms with Crippen molar-refractivity contribution in [3.05, 3.63) is 53.9 Å². The molecule has 0 saturated carbocycles. The minimum absolute atomic E-state index is 0.282. The molecule has 0 unspecified atom stereocenters. The fraction of sp³-hybridized carbons (Fsp3) is 0.158. The maximum atomic E-state index is 13.0. The van der Waals surface area contributed by atoms with Crippen molar-refractivity contribution in [2.75, 3.05) is 27.1 Å². The molecule has 1 aromatic heterocycles. The van der Waals surface area contributed by atoms with Crippen LogP contribution in [0.3, 0.4) is 0 Å². The predicted molar refractivity (Wildman–Crippen MR) is 95.9 cm³/mol. The van der Waals surface area contributed by atoms with Crippen molar-refractivity contribution in [1.82, 2.24) is 4.98 Å². The average Bonchev–Trinajstić information content (AvgIpc) is 3.21. The smallest absolute Gasteiger partial charge is 0.225 e. The lowest BCUT2D eigenvalue weighted by Crippen LogP contribution is -2.07. The number of carbonyl (C=O) groups is 1. The molecule has 0 aliphatic carbocycles. The zero-order valence-corrected chi connectivity index (χ0v) is 14.6. The summed E-state index contributed by atoms with van der Waals surface area (Å²) in [4.78, 5) is 17.1. The molecular formula is C19H18N2O5. The van der Waals surface area contributed by atoms with Gasteiger partial charge in [0.05, 0.1) is 27.5 Å². The zero-order valence-electron chi connectivity index (χ0n) is 14.6. The molecule has 0 radical (unpaired) electrons. The number of benzene rings is 2. The van der Waals surface area contributed by atoms with Crippen LogP contribution >= 0.6 is 0 Å². The van der Waals surface area contributed by atoms with Crippen LogP contribution in [-0.2, 0) is 0 Å². The maximum absolute atomic E-state index is 13.0. The number of hydrogen-bond acceptors (Lipinski definition) is 7. The highest BCUT2D eigenvalue weighted by Crippen LogP contribution is 2.39. The molecule has 7 nitrogen and oxygen atoms in total. The zero-order chi connectivity index (χ0) is 18.7. The van der Waals surface area contributed by atoms with E-state index >= 15 is 0 Å². The van der Waals surface area contributed by atoms with Crippen molar-refractivity contribution in [2.45, 2.75) is 0 Å². The van der Waals surface area contributed by atoms with E-state index in [1.54, 1.807) is 30.3 Å². The quantitative estimate of drug-likeness (QED) is 0.536. The molecule has 0 bridgehead atoms. The van der Waals surface area contributed by atoms with Crippen LogP contribution in [0.5, 0.6) is 17.2 Å². The fourth-order valence-corrected chi connectivity index (χ4v) is 2.62. The molecule has 0 aliphatic heterocycles. The van der Waals surface area contributed by atoms with E-state index in [2.05, 4.69) is 4.98 Å². The number of methoxy groups -OCH3 is 3. The van der Waals surface area contributed by atoms with E-state index in [4.69, 9.17) is 24.4 Å². The minimum atomic E-state index is -0.282. The van der Waals surface area contributed by atoms with Crippen LogP contribution in [0, 0.1) is 0 Å². The first-order valence-electron chi connectivity index (χ1n) is 7.73. The monoisotopic (exact) mass is 354 g/mol. The van der Waals surface area contributed by atoms with Gasteiger partial charge in [0, 0.05) is 22.4 Å². The highest BCUT2D eigenvalue weighted by molar-refractivity contribution is 6.13. The summed E-state index contributed by atoms with van der Waals surface area (Å²) in [5.41, 5.74) is 7.70. The summed E-state index contributed by atoms with van der Waals surface area (Å²) < 4.78 is 21.2. The van der Waals surface area contributed by atoms with E-state index in [1.165, 1.54) is 33.8 Å². The van der Waals surface area contributed by atoms with Crippen LogP contribution in [0.2, 0.25) is 0 Å². The van der Waals surface area contributed by atoms with Crippen LogP contribution in [0.15, 0.2) is 47.2 Å². The summed E-state index contributed by atoms with van der Waals surface area (Å²) in [6, 6.07) is 8.20. The second-order valence-electron chi connectivity index (χ2n) is 5.38. The predicted octanol–water partition coefficient (Wildman–Crippen LogP) is 3.18. The number of nitrogen functional groups attached to an aromatic ring is 1. The van der Waals surface area contributed by atoms with Crippen LogP contribution in [0.4, 0.5) is 5.69 Å². The highest BCUT2D eigenvalue weighted by atomic mass is 16.5. The van der Waals surface area contributed by atoms with Gasteiger partial charge in [-0.15, -0.1) is 0 Å². The number of nitrogens with two attached hydrogens (primary N) is 1. The molecule has 2 aromatic carbocycles. The standard InChI is InChI=1S/C19H18N2O5/c1-23-15-9-12(10-16(24-2)18(15)25-3)17(22)13-8-11(4-5-14(13)20)19-21-6-7-26-19/h4-10H,20H2,1-3H3. The summed E-state index contributed by atoms with van der Waals surface area (Å²) >= 11 is 0. The normalized spacial score (nSPS) is 10.4. The largest absolute Gasteiger partial charge is 0.493 e. The van der Waals surface area contributed by atoms with Crippen molar-refractivity contribution in [2.24, 2.45) is 0 Å². The number of hydrogen-bond donors (Lipinski definition) is 1. The summed E-state index contributed by atoms with van der Waals surface area (Å²) in [7, 11) is 4.48. The Bertz CT molecular complexity index is 910. The van der Waals surface area contributed by atoms with Gasteiger partial charge in [-0.05, 0) is 30.3 Å². The number of nitrogens with zero attached hydrogens (tertiary/aromatic N) is 1. The van der Waals surface area contributed by atoms with Crippen molar-refractivity contribution in [3.63, 3.8) is 0 Å². The molecule has 0 saturated heterocycles. The molecule has 3 aromatic rings. The first kappa shape index (κ1) is 17.3. The van der Waals surface area contributed by atoms with Gasteiger partial charge < -0.3 is 24.4 Å². The number of ether oxygens (including phenoxy) is 3. The number of rotatable bonds is 6. The van der Waals surface area contributed by atoms with Gasteiger partial charge >= 0.3 is 0 Å². The molecule has 3 rings (SSSR count). The Morgan fingerprint density at radius 2 is 1.73 bits per heavy atom. The van der Waals surface area contributed by atoms with E-state index in [9.17, 15) is 4.79 Å². The van der Waals surface area contributed by atoms with E-state index in [1.807, 2.05) is 0 Å². The van der Waals surface area contributed by atoms with Gasteiger partial charge in [0.1, 0.15) is 6.26 Å². The molecular weight excluding hydrogens is 336 g/mol. The lowest BCUT2D eigenvalue weighted by molar-refractivity contribution is 0.103. The van der Waals surface area contributed by atoms with Gasteiger partial charge in [-0.3, -0.25) is 4.79 Å². The number of oxazole rings is 1. The van der Waals surface area contributed by atoms with Gasteiger partial charge in [-0.2, -0.15) is 0 Å². The first-order valence-corrected chi connectivity index (χ1v) is 7.73. The van der Waals surface area contributed by atoms with Crippen molar-refractivity contribution >= 4 is 11.5 Å². The van der Waals surface area contributed by atoms with Crippen molar-refractivity contribution < 1.29 is 23.4 Å². The van der Waals surface area contributed by atoms with E-state index < -0.39 is 0 Å². The highest BCUT2D eigenvalue weighted by Gasteiger charge is 2.20. The van der Waals surface area contributed by atoms with E-state index in [0.29, 0.717) is 45.5 Å². The topological polar surface area (TPSA) is 96.8 Å². The van der Waals surface area contributed by atoms with Crippen LogP contribution in [0.25, 0.3) is 11.5 Å². The van der Waals surface area contributed by atoms with Crippen LogP contribution in [0.1, 0.15) is 15.9 Å². The molecule has 0 atom stereocenters. The Morgan fingerprint density at radius 3 is 2.27 bits per heavy atom. The summed E-state index contributed by atoms with van der Waals surface area (Å²) in [6.07, 6.45) is 3.00. The van der Waals surface area contributed by atoms with Crippen molar-refractivity contribution in [3.8, 4) is 28.7 Å². The third-order valence-corrected chi connectivity index (χ3v) is 3.90. The second-order valence-corrected chi connectivity index (χ2v) is 5.38. The van der Waals surface area contributed by atoms with Gasteiger partial charge in [0.15, 0.2) is 17.3 Å². The molecule has 134 valence electrons. The van der Waals surface area contributed by atoms with Gasteiger partial charge in [0.25, 0.3) is 0 Å². The summed E-state index contributed by atoms with van der Waals surface area (Å²) in [5.74, 6) is 1.31. The molecule has 7 heteroatoms. The molecule has 0 amide bonds. The molecule has 0 fully saturated rings. The average molecular weight is 354 g/mol. The third kappa shape index (κ3) is 3.06. The van der Waals surface area contributed by atoms with Crippen LogP contribution < -0.4 is 19.9 Å². The second kappa shape index (κ2) is 7.18. The number of carbonyl (C=O) groups excluding carboxylic acids is 1. The molecule has 0 aliphatic rings. The van der Waals surface area contributed by atoms with Gasteiger partial charge in [0.2, 0.25) is 11.6 Å². The molecule has 2 N–H and O–H groups in total. The summed E-state index contributed by atoms with van der Waals surface area (Å²) in [5, 5.41) is 0. The van der Waals surface area contributed by atoms with E-state index in [-0.39, 0.29) is 5.78 Å². The lowest BCUT2D eigenvalue weighted by Gasteiger charge is -2.14. The number of anilines is 1. The Kier molecular flexibility index (Phi) is 4.79. The fourth-order valence-electron chi connectivity index (χ4n) is 2.62. The SMILES string of the molecule is COc1cc(C(=O)c2cc(-c3ncco3)ccc2N)cc(OC)c1OC. The van der Waals surface area contributed by atoms with Crippen molar-refractivity contribution in [1.29, 1.82) is 0 Å². The molecule has 1 heterocycles. The minimum Gasteiger partial charge on any atom is -0.493 e. The van der Waals surface area contributed by atoms with Gasteiger partial charge in [-0.1, -0.05) is 0 Å².